The van der Waals surface area contributed by atoms with Crippen molar-refractivity contribution in [3.05, 3.63) is 11.6 Å². The van der Waals surface area contributed by atoms with Crippen molar-refractivity contribution in [2.75, 3.05) is 13.2 Å². The van der Waals surface area contributed by atoms with Gasteiger partial charge in [0.15, 0.2) is 0 Å². The van der Waals surface area contributed by atoms with Crippen LogP contribution in [0.25, 0.3) is 0 Å². The van der Waals surface area contributed by atoms with Gasteiger partial charge < -0.3 is 9.47 Å². The molecule has 4 heteroatoms. The lowest BCUT2D eigenvalue weighted by molar-refractivity contribution is -0.148. The molecule has 0 saturated carbocycles. The Labute approximate surface area is 103 Å². The minimum absolute atomic E-state index is 0.239. The number of allylic oxidation sites excluding steroid dienone is 1. The number of carbonyl (C=O) groups excluding carboxylic acids is 2. The standard InChI is InChI=1S/C13H22O4/c1-5-10(4)11(13(15)17-7-3)8-9-12(14)16-6-2/h5,11H,6-9H2,1-4H3/b10-5+. The van der Waals surface area contributed by atoms with Gasteiger partial charge in [-0.3, -0.25) is 9.59 Å². The molecule has 0 radical (unpaired) electrons. The number of carbonyl (C=O) groups is 2. The van der Waals surface area contributed by atoms with Crippen molar-refractivity contribution in [1.29, 1.82) is 0 Å². The van der Waals surface area contributed by atoms with E-state index in [4.69, 9.17) is 9.47 Å². The predicted octanol–water partition coefficient (Wildman–Crippen LogP) is 2.48. The summed E-state index contributed by atoms with van der Waals surface area (Å²) in [6.07, 6.45) is 2.54. The summed E-state index contributed by atoms with van der Waals surface area (Å²) in [5.74, 6) is -0.887. The van der Waals surface area contributed by atoms with Crippen LogP contribution < -0.4 is 0 Å². The summed E-state index contributed by atoms with van der Waals surface area (Å²) in [4.78, 5) is 22.9. The molecular weight excluding hydrogens is 220 g/mol. The first-order valence-electron chi connectivity index (χ1n) is 6.01. The molecule has 98 valence electrons. The third-order valence-electron chi connectivity index (χ3n) is 2.52. The Morgan fingerprint density at radius 1 is 1.18 bits per heavy atom. The molecule has 0 aromatic rings. The fourth-order valence-electron chi connectivity index (χ4n) is 1.47. The number of ether oxygens (including phenoxy) is 2. The van der Waals surface area contributed by atoms with E-state index in [-0.39, 0.29) is 24.3 Å². The van der Waals surface area contributed by atoms with Crippen LogP contribution in [0.15, 0.2) is 11.6 Å². The largest absolute Gasteiger partial charge is 0.466 e. The van der Waals surface area contributed by atoms with Crippen molar-refractivity contribution in [2.24, 2.45) is 5.92 Å². The molecule has 17 heavy (non-hydrogen) atoms. The molecule has 0 aliphatic carbocycles. The number of hydrogen-bond donors (Lipinski definition) is 0. The highest BCUT2D eigenvalue weighted by Gasteiger charge is 2.22. The molecular formula is C13H22O4. The zero-order valence-electron chi connectivity index (χ0n) is 11.1. The van der Waals surface area contributed by atoms with Gasteiger partial charge in [-0.2, -0.15) is 0 Å². The van der Waals surface area contributed by atoms with Gasteiger partial charge in [0.1, 0.15) is 0 Å². The maximum Gasteiger partial charge on any atom is 0.313 e. The molecule has 1 unspecified atom stereocenters. The van der Waals surface area contributed by atoms with Gasteiger partial charge in [0, 0.05) is 6.42 Å². The van der Waals surface area contributed by atoms with Gasteiger partial charge in [-0.1, -0.05) is 11.6 Å². The highest BCUT2D eigenvalue weighted by Crippen LogP contribution is 2.19. The number of hydrogen-bond acceptors (Lipinski definition) is 4. The van der Waals surface area contributed by atoms with Crippen molar-refractivity contribution >= 4 is 11.9 Å². The second-order valence-electron chi connectivity index (χ2n) is 3.68. The van der Waals surface area contributed by atoms with Crippen LogP contribution in [0.3, 0.4) is 0 Å². The van der Waals surface area contributed by atoms with Crippen LogP contribution >= 0.6 is 0 Å². The molecule has 0 aliphatic rings. The van der Waals surface area contributed by atoms with Crippen LogP contribution in [0.1, 0.15) is 40.5 Å². The minimum atomic E-state index is -0.343. The molecule has 4 nitrogen and oxygen atoms in total. The van der Waals surface area contributed by atoms with Gasteiger partial charge in [-0.15, -0.1) is 0 Å². The normalized spacial score (nSPS) is 13.1. The molecule has 0 aliphatic heterocycles. The second kappa shape index (κ2) is 8.79. The molecule has 0 aromatic heterocycles. The van der Waals surface area contributed by atoms with Crippen LogP contribution in [0.5, 0.6) is 0 Å². The average Bonchev–Trinajstić information content (AvgIpc) is 2.29. The van der Waals surface area contributed by atoms with Crippen molar-refractivity contribution in [3.63, 3.8) is 0 Å². The molecule has 0 rings (SSSR count). The minimum Gasteiger partial charge on any atom is -0.466 e. The van der Waals surface area contributed by atoms with E-state index in [1.165, 1.54) is 0 Å². The zero-order chi connectivity index (χ0) is 13.3. The van der Waals surface area contributed by atoms with E-state index >= 15 is 0 Å². The van der Waals surface area contributed by atoms with Crippen molar-refractivity contribution in [1.82, 2.24) is 0 Å². The van der Waals surface area contributed by atoms with Gasteiger partial charge in [0.2, 0.25) is 0 Å². The maximum absolute atomic E-state index is 11.7. The van der Waals surface area contributed by atoms with E-state index in [9.17, 15) is 9.59 Å². The molecule has 0 heterocycles. The number of rotatable bonds is 7. The van der Waals surface area contributed by atoms with Gasteiger partial charge in [0.25, 0.3) is 0 Å². The van der Waals surface area contributed by atoms with Crippen LogP contribution in [0.4, 0.5) is 0 Å². The first kappa shape index (κ1) is 15.7. The summed E-state index contributed by atoms with van der Waals surface area (Å²) >= 11 is 0. The fraction of sp³-hybridized carbons (Fsp3) is 0.692. The maximum atomic E-state index is 11.7. The van der Waals surface area contributed by atoms with E-state index in [0.717, 1.165) is 5.57 Å². The average molecular weight is 242 g/mol. The third kappa shape index (κ3) is 6.09. The molecule has 0 N–H and O–H groups in total. The van der Waals surface area contributed by atoms with Gasteiger partial charge in [-0.25, -0.2) is 0 Å². The highest BCUT2D eigenvalue weighted by molar-refractivity contribution is 5.77. The second-order valence-corrected chi connectivity index (χ2v) is 3.68. The van der Waals surface area contributed by atoms with Crippen LogP contribution in [-0.4, -0.2) is 25.2 Å². The topological polar surface area (TPSA) is 52.6 Å². The molecule has 0 aromatic carbocycles. The van der Waals surface area contributed by atoms with E-state index in [1.807, 2.05) is 19.9 Å². The van der Waals surface area contributed by atoms with E-state index in [0.29, 0.717) is 19.6 Å². The van der Waals surface area contributed by atoms with E-state index in [1.54, 1.807) is 13.8 Å². The van der Waals surface area contributed by atoms with Crippen LogP contribution in [0, 0.1) is 5.92 Å². The van der Waals surface area contributed by atoms with Gasteiger partial charge in [0.05, 0.1) is 19.1 Å². The molecule has 1 atom stereocenters. The summed E-state index contributed by atoms with van der Waals surface area (Å²) < 4.78 is 9.82. The summed E-state index contributed by atoms with van der Waals surface area (Å²) in [7, 11) is 0. The van der Waals surface area contributed by atoms with Crippen molar-refractivity contribution in [3.8, 4) is 0 Å². The summed E-state index contributed by atoms with van der Waals surface area (Å²) in [6.45, 7) is 7.99. The SMILES string of the molecule is C/C=C(\C)C(CCC(=O)OCC)C(=O)OCC. The summed E-state index contributed by atoms with van der Waals surface area (Å²) in [5, 5.41) is 0. The van der Waals surface area contributed by atoms with E-state index < -0.39 is 0 Å². The van der Waals surface area contributed by atoms with Gasteiger partial charge in [-0.05, 0) is 34.1 Å². The quantitative estimate of drug-likeness (QED) is 0.508. The van der Waals surface area contributed by atoms with Gasteiger partial charge >= 0.3 is 11.9 Å². The monoisotopic (exact) mass is 242 g/mol. The fourth-order valence-corrected chi connectivity index (χ4v) is 1.47. The molecule has 0 fully saturated rings. The Balaban J connectivity index is 4.40. The summed E-state index contributed by atoms with van der Waals surface area (Å²) in [6, 6.07) is 0. The Morgan fingerprint density at radius 2 is 1.76 bits per heavy atom. The van der Waals surface area contributed by atoms with Crippen LogP contribution in [0.2, 0.25) is 0 Å². The molecule has 0 saturated heterocycles. The highest BCUT2D eigenvalue weighted by atomic mass is 16.5. The Morgan fingerprint density at radius 3 is 2.24 bits per heavy atom. The Hall–Kier alpha value is -1.32. The lowest BCUT2D eigenvalue weighted by Gasteiger charge is -2.15. The van der Waals surface area contributed by atoms with Crippen LogP contribution in [-0.2, 0) is 19.1 Å². The molecule has 0 bridgehead atoms. The lowest BCUT2D eigenvalue weighted by Crippen LogP contribution is -2.20. The predicted molar refractivity (Wildman–Crippen MR) is 65.4 cm³/mol. The molecule has 0 spiro atoms. The first-order chi connectivity index (χ1) is 8.06. The van der Waals surface area contributed by atoms with E-state index in [2.05, 4.69) is 0 Å². The van der Waals surface area contributed by atoms with Crippen molar-refractivity contribution < 1.29 is 19.1 Å². The third-order valence-corrected chi connectivity index (χ3v) is 2.52. The smallest absolute Gasteiger partial charge is 0.313 e. The first-order valence-corrected chi connectivity index (χ1v) is 6.01. The summed E-state index contributed by atoms with van der Waals surface area (Å²) in [5.41, 5.74) is 0.924. The zero-order valence-corrected chi connectivity index (χ0v) is 11.1. The molecule has 0 amide bonds. The number of esters is 2. The Kier molecular flexibility index (Phi) is 8.11. The van der Waals surface area contributed by atoms with Crippen molar-refractivity contribution in [2.45, 2.75) is 40.5 Å². The Bertz CT molecular complexity index is 281. The lowest BCUT2D eigenvalue weighted by atomic mass is 9.95.